The van der Waals surface area contributed by atoms with E-state index < -0.39 is 0 Å². The summed E-state index contributed by atoms with van der Waals surface area (Å²) in [7, 11) is 0. The molecule has 0 rings (SSSR count). The Labute approximate surface area is 125 Å². The van der Waals surface area contributed by atoms with Crippen LogP contribution in [0.25, 0.3) is 0 Å². The molecule has 0 heterocycles. The van der Waals surface area contributed by atoms with Gasteiger partial charge in [0, 0.05) is 13.2 Å². The lowest BCUT2D eigenvalue weighted by molar-refractivity contribution is 0.599. The molecule has 0 saturated carbocycles. The van der Waals surface area contributed by atoms with Crippen molar-refractivity contribution in [3.05, 3.63) is 0 Å². The van der Waals surface area contributed by atoms with Crippen molar-refractivity contribution in [1.29, 1.82) is 0 Å². The molecule has 0 spiro atoms. The van der Waals surface area contributed by atoms with Crippen molar-refractivity contribution >= 4 is 61.1 Å². The van der Waals surface area contributed by atoms with Gasteiger partial charge in [-0.3, -0.25) is 0 Å². The van der Waals surface area contributed by atoms with Gasteiger partial charge in [0.05, 0.1) is 0 Å². The zero-order chi connectivity index (χ0) is 10.8. The van der Waals surface area contributed by atoms with Gasteiger partial charge in [0.25, 0.3) is 0 Å². The zero-order valence-corrected chi connectivity index (χ0v) is 14.8. The highest BCUT2D eigenvalue weighted by Crippen LogP contribution is 2.22. The summed E-state index contributed by atoms with van der Waals surface area (Å²) in [5, 5.41) is 0. The Kier molecular flexibility index (Phi) is 13.0. The van der Waals surface area contributed by atoms with Crippen molar-refractivity contribution < 1.29 is 0 Å². The lowest BCUT2D eigenvalue weighted by Crippen LogP contribution is -2.08. The van der Waals surface area contributed by atoms with Gasteiger partial charge in [-0.2, -0.15) is 0 Å². The molecule has 0 aromatic carbocycles. The van der Waals surface area contributed by atoms with E-state index in [9.17, 15) is 0 Å². The lowest BCUT2D eigenvalue weighted by Gasteiger charge is -2.13. The Balaban J connectivity index is 3.30. The Morgan fingerprint density at radius 1 is 1.14 bits per heavy atom. The number of hydrogen-bond donors (Lipinski definition) is 0. The predicted molar refractivity (Wildman–Crippen MR) is 87.4 cm³/mol. The van der Waals surface area contributed by atoms with Gasteiger partial charge in [-0.25, -0.2) is 0 Å². The standard InChI is InChI=1S/C11H21BrI2/c1-2-3-4-5-6-10(12)9-11(14)7-8-13/h10-11H,2-9H2,1H3. The molecular formula is C11H21BrI2. The molecule has 3 heteroatoms. The van der Waals surface area contributed by atoms with Crippen molar-refractivity contribution in [2.45, 2.75) is 60.6 Å². The lowest BCUT2D eigenvalue weighted by atomic mass is 10.1. The molecule has 86 valence electrons. The molecule has 2 unspecified atom stereocenters. The normalized spacial score (nSPS) is 15.4. The van der Waals surface area contributed by atoms with E-state index in [0.29, 0.717) is 0 Å². The zero-order valence-electron chi connectivity index (χ0n) is 8.95. The van der Waals surface area contributed by atoms with E-state index >= 15 is 0 Å². The van der Waals surface area contributed by atoms with Gasteiger partial charge in [-0.1, -0.05) is 93.7 Å². The monoisotopic (exact) mass is 486 g/mol. The quantitative estimate of drug-likeness (QED) is 0.221. The topological polar surface area (TPSA) is 0 Å². The average Bonchev–Trinajstić information content (AvgIpc) is 2.13. The van der Waals surface area contributed by atoms with Gasteiger partial charge in [-0.15, -0.1) is 0 Å². The highest BCUT2D eigenvalue weighted by atomic mass is 127. The second-order valence-electron chi connectivity index (χ2n) is 3.76. The fraction of sp³-hybridized carbons (Fsp3) is 1.00. The first-order chi connectivity index (χ1) is 6.70. The second kappa shape index (κ2) is 11.4. The van der Waals surface area contributed by atoms with Crippen LogP contribution >= 0.6 is 61.1 Å². The van der Waals surface area contributed by atoms with Crippen LogP contribution in [-0.4, -0.2) is 13.2 Å². The van der Waals surface area contributed by atoms with Crippen LogP contribution in [0.5, 0.6) is 0 Å². The van der Waals surface area contributed by atoms with Crippen LogP contribution in [0, 0.1) is 0 Å². The second-order valence-corrected chi connectivity index (χ2v) is 7.89. The minimum absolute atomic E-state index is 0.754. The molecule has 0 aliphatic carbocycles. The highest BCUT2D eigenvalue weighted by molar-refractivity contribution is 14.1. The van der Waals surface area contributed by atoms with Gasteiger partial charge in [0.15, 0.2) is 0 Å². The first-order valence-corrected chi connectivity index (χ1v) is 9.23. The Morgan fingerprint density at radius 2 is 1.86 bits per heavy atom. The van der Waals surface area contributed by atoms with E-state index in [-0.39, 0.29) is 0 Å². The maximum Gasteiger partial charge on any atom is 0.0155 e. The minimum atomic E-state index is 0.754. The van der Waals surface area contributed by atoms with Crippen LogP contribution in [-0.2, 0) is 0 Å². The third-order valence-electron chi connectivity index (χ3n) is 2.30. The first kappa shape index (κ1) is 15.9. The summed E-state index contributed by atoms with van der Waals surface area (Å²) < 4.78 is 2.15. The van der Waals surface area contributed by atoms with E-state index in [4.69, 9.17) is 0 Å². The SMILES string of the molecule is CCCCCCC(Br)CC(I)CCI. The number of halogens is 3. The molecule has 0 saturated heterocycles. The van der Waals surface area contributed by atoms with Gasteiger partial charge >= 0.3 is 0 Å². The van der Waals surface area contributed by atoms with Crippen LogP contribution < -0.4 is 0 Å². The molecule has 0 bridgehead atoms. The van der Waals surface area contributed by atoms with Crippen molar-refractivity contribution in [1.82, 2.24) is 0 Å². The molecule has 0 N–H and O–H groups in total. The van der Waals surface area contributed by atoms with Crippen LogP contribution in [0.2, 0.25) is 0 Å². The van der Waals surface area contributed by atoms with E-state index in [0.717, 1.165) is 8.75 Å². The highest BCUT2D eigenvalue weighted by Gasteiger charge is 2.10. The molecule has 0 radical (unpaired) electrons. The summed E-state index contributed by atoms with van der Waals surface area (Å²) in [6, 6.07) is 0. The summed E-state index contributed by atoms with van der Waals surface area (Å²) in [5.41, 5.74) is 0. The van der Waals surface area contributed by atoms with E-state index in [2.05, 4.69) is 68.0 Å². The van der Waals surface area contributed by atoms with E-state index in [1.165, 1.54) is 49.4 Å². The fourth-order valence-corrected chi connectivity index (χ4v) is 5.77. The van der Waals surface area contributed by atoms with Crippen LogP contribution in [0.4, 0.5) is 0 Å². The van der Waals surface area contributed by atoms with Crippen molar-refractivity contribution in [2.24, 2.45) is 0 Å². The van der Waals surface area contributed by atoms with Gasteiger partial charge in [0.2, 0.25) is 0 Å². The van der Waals surface area contributed by atoms with Crippen LogP contribution in [0.1, 0.15) is 51.9 Å². The Bertz CT molecular complexity index is 120. The van der Waals surface area contributed by atoms with Crippen molar-refractivity contribution in [2.75, 3.05) is 4.43 Å². The van der Waals surface area contributed by atoms with Gasteiger partial charge in [-0.05, 0) is 19.3 Å². The minimum Gasteiger partial charge on any atom is -0.0890 e. The van der Waals surface area contributed by atoms with Crippen molar-refractivity contribution in [3.63, 3.8) is 0 Å². The molecular weight excluding hydrogens is 466 g/mol. The molecule has 14 heavy (non-hydrogen) atoms. The van der Waals surface area contributed by atoms with Gasteiger partial charge < -0.3 is 0 Å². The first-order valence-electron chi connectivity index (χ1n) is 5.54. The maximum absolute atomic E-state index is 3.79. The van der Waals surface area contributed by atoms with E-state index in [1.54, 1.807) is 0 Å². The fourth-order valence-electron chi connectivity index (χ4n) is 1.42. The summed E-state index contributed by atoms with van der Waals surface area (Å²) >= 11 is 8.85. The van der Waals surface area contributed by atoms with Crippen molar-refractivity contribution in [3.8, 4) is 0 Å². The summed E-state index contributed by atoms with van der Waals surface area (Å²) in [5.74, 6) is 0. The third kappa shape index (κ3) is 10.5. The molecule has 0 nitrogen and oxygen atoms in total. The maximum atomic E-state index is 3.79. The number of rotatable bonds is 9. The molecule has 0 aromatic heterocycles. The molecule has 0 amide bonds. The largest absolute Gasteiger partial charge is 0.0890 e. The van der Waals surface area contributed by atoms with Crippen LogP contribution in [0.3, 0.4) is 0 Å². The predicted octanol–water partition coefficient (Wildman–Crippen LogP) is 5.74. The van der Waals surface area contributed by atoms with Crippen LogP contribution in [0.15, 0.2) is 0 Å². The summed E-state index contributed by atoms with van der Waals surface area (Å²) in [6.45, 7) is 2.27. The number of alkyl halides is 3. The molecule has 2 atom stereocenters. The molecule has 0 aliphatic rings. The average molecular weight is 487 g/mol. The van der Waals surface area contributed by atoms with E-state index in [1.807, 2.05) is 0 Å². The van der Waals surface area contributed by atoms with Gasteiger partial charge in [0.1, 0.15) is 0 Å². The summed E-state index contributed by atoms with van der Waals surface area (Å²) in [4.78, 5) is 0.754. The number of hydrogen-bond acceptors (Lipinski definition) is 0. The Hall–Kier alpha value is 1.94. The molecule has 0 fully saturated rings. The molecule has 0 aliphatic heterocycles. The third-order valence-corrected chi connectivity index (χ3v) is 4.89. The smallest absolute Gasteiger partial charge is 0.0155 e. The summed E-state index contributed by atoms with van der Waals surface area (Å²) in [6.07, 6.45) is 9.63. The molecule has 0 aromatic rings. The Morgan fingerprint density at radius 3 is 2.43 bits per heavy atom. The number of unbranched alkanes of at least 4 members (excludes halogenated alkanes) is 3.